The second kappa shape index (κ2) is 17.1. The van der Waals surface area contributed by atoms with Crippen LogP contribution in [0.3, 0.4) is 0 Å². The van der Waals surface area contributed by atoms with E-state index >= 15 is 0 Å². The fourth-order valence-corrected chi connectivity index (χ4v) is 6.21. The van der Waals surface area contributed by atoms with Gasteiger partial charge in [0.25, 0.3) is 5.91 Å². The van der Waals surface area contributed by atoms with E-state index in [1.807, 2.05) is 42.5 Å². The highest BCUT2D eigenvalue weighted by molar-refractivity contribution is 5.99. The number of para-hydroxylation sites is 1. The summed E-state index contributed by atoms with van der Waals surface area (Å²) in [5.74, 6) is 1.03. The van der Waals surface area contributed by atoms with Crippen molar-refractivity contribution in [1.29, 1.82) is 0 Å². The van der Waals surface area contributed by atoms with Crippen LogP contribution in [0.5, 0.6) is 0 Å². The number of anilines is 3. The number of urea groups is 1. The van der Waals surface area contributed by atoms with E-state index in [0.717, 1.165) is 62.3 Å². The molecule has 2 aromatic heterocycles. The third-order valence-corrected chi connectivity index (χ3v) is 8.75. The molecule has 5 rings (SSSR count). The molecule has 0 bridgehead atoms. The molecule has 1 aliphatic heterocycles. The van der Waals surface area contributed by atoms with Gasteiger partial charge in [0.05, 0.1) is 5.56 Å². The Bertz CT molecular complexity index is 1530. The Morgan fingerprint density at radius 2 is 1.65 bits per heavy atom. The average molecular weight is 671 g/mol. The summed E-state index contributed by atoms with van der Waals surface area (Å²) in [7, 11) is 0. The van der Waals surface area contributed by atoms with Crippen LogP contribution in [0, 0.1) is 0 Å². The zero-order valence-corrected chi connectivity index (χ0v) is 28.9. The Morgan fingerprint density at radius 3 is 2.35 bits per heavy atom. The van der Waals surface area contributed by atoms with Gasteiger partial charge in [0.15, 0.2) is 0 Å². The molecule has 12 heteroatoms. The molecule has 1 saturated heterocycles. The summed E-state index contributed by atoms with van der Waals surface area (Å²) in [4.78, 5) is 49.6. The minimum Gasteiger partial charge on any atom is -0.444 e. The molecule has 0 spiro atoms. The van der Waals surface area contributed by atoms with Gasteiger partial charge in [-0.3, -0.25) is 10.1 Å². The van der Waals surface area contributed by atoms with Gasteiger partial charge >= 0.3 is 12.1 Å². The van der Waals surface area contributed by atoms with Crippen LogP contribution >= 0.6 is 0 Å². The fourth-order valence-electron chi connectivity index (χ4n) is 6.21. The molecule has 2 aliphatic rings. The summed E-state index contributed by atoms with van der Waals surface area (Å²) in [6.45, 7) is 9.34. The van der Waals surface area contributed by atoms with Crippen LogP contribution in [0.15, 0.2) is 60.8 Å². The van der Waals surface area contributed by atoms with E-state index in [4.69, 9.17) is 9.72 Å². The first kappa shape index (κ1) is 35.6. The van der Waals surface area contributed by atoms with E-state index in [0.29, 0.717) is 30.3 Å². The largest absolute Gasteiger partial charge is 0.444 e. The first-order valence-corrected chi connectivity index (χ1v) is 17.4. The molecule has 3 aromatic rings. The summed E-state index contributed by atoms with van der Waals surface area (Å²) in [6, 6.07) is 16.9. The maximum absolute atomic E-state index is 13.3. The van der Waals surface area contributed by atoms with Crippen molar-refractivity contribution in [3.8, 4) is 0 Å². The normalized spacial score (nSPS) is 18.2. The van der Waals surface area contributed by atoms with Gasteiger partial charge in [0.2, 0.25) is 0 Å². The minimum atomic E-state index is -0.599. The van der Waals surface area contributed by atoms with Crippen molar-refractivity contribution in [1.82, 2.24) is 30.8 Å². The van der Waals surface area contributed by atoms with Gasteiger partial charge in [-0.15, -0.1) is 0 Å². The van der Waals surface area contributed by atoms with E-state index in [1.54, 1.807) is 39.1 Å². The number of amides is 4. The summed E-state index contributed by atoms with van der Waals surface area (Å²) in [5, 5.41) is 15.1. The molecule has 0 unspecified atom stereocenters. The van der Waals surface area contributed by atoms with Crippen LogP contribution in [0.1, 0.15) is 93.3 Å². The molecule has 12 nitrogen and oxygen atoms in total. The highest BCUT2D eigenvalue weighted by atomic mass is 16.6. The highest BCUT2D eigenvalue weighted by Crippen LogP contribution is 2.33. The number of hydrogen-bond acceptors (Lipinski definition) is 8. The number of carbonyl (C=O) groups excluding carboxylic acids is 3. The van der Waals surface area contributed by atoms with Crippen LogP contribution in [0.2, 0.25) is 0 Å². The standard InChI is InChI=1S/C37H50N8O4/c1-37(2,3)49-36(48)44-32-19-12-26(24-39-32)25-40-35(47)42-29-15-13-27(14-16-29)31-18-17-30(33(43-31)41-28-10-6-4-7-11-28)34(46)38-20-23-45-21-8-5-9-22-45/h4,6-7,10-12,17-19,24,27,29H,5,8-9,13-16,20-23,25H2,1-3H3,(H,38,46)(H,41,43)(H,39,44,48)(H2,40,42,47). The number of hydrogen-bond donors (Lipinski definition) is 5. The Hall–Kier alpha value is -4.71. The number of carbonyl (C=O) groups is 3. The second-order valence-electron chi connectivity index (χ2n) is 13.8. The number of pyridine rings is 2. The summed E-state index contributed by atoms with van der Waals surface area (Å²) < 4.78 is 5.25. The third kappa shape index (κ3) is 11.4. The van der Waals surface area contributed by atoms with Gasteiger partial charge in [-0.25, -0.2) is 19.6 Å². The number of ether oxygens (including phenoxy) is 1. The number of likely N-dealkylation sites (tertiary alicyclic amines) is 1. The first-order valence-electron chi connectivity index (χ1n) is 17.4. The SMILES string of the molecule is CC(C)(C)OC(=O)Nc1ccc(CNC(=O)NC2CCC(c3ccc(C(=O)NCCN4CCCCC4)c(Nc4ccccc4)n3)CC2)cn1. The summed E-state index contributed by atoms with van der Waals surface area (Å²) in [6.07, 6.45) is 8.18. The molecule has 4 amide bonds. The quantitative estimate of drug-likeness (QED) is 0.159. The van der Waals surface area contributed by atoms with Gasteiger partial charge in [-0.1, -0.05) is 30.7 Å². The van der Waals surface area contributed by atoms with Crippen molar-refractivity contribution >= 4 is 35.4 Å². The van der Waals surface area contributed by atoms with Crippen LogP contribution in [0.25, 0.3) is 0 Å². The van der Waals surface area contributed by atoms with Crippen molar-refractivity contribution in [2.24, 2.45) is 0 Å². The van der Waals surface area contributed by atoms with E-state index in [9.17, 15) is 14.4 Å². The lowest BCUT2D eigenvalue weighted by atomic mass is 9.83. The Kier molecular flexibility index (Phi) is 12.4. The van der Waals surface area contributed by atoms with Gasteiger partial charge in [0.1, 0.15) is 17.2 Å². The number of nitrogens with one attached hydrogen (secondary N) is 5. The van der Waals surface area contributed by atoms with E-state index in [-0.39, 0.29) is 23.9 Å². The van der Waals surface area contributed by atoms with Crippen molar-refractivity contribution in [2.45, 2.75) is 89.8 Å². The van der Waals surface area contributed by atoms with Gasteiger partial charge in [0, 0.05) is 49.2 Å². The zero-order chi connectivity index (χ0) is 34.6. The number of aromatic nitrogens is 2. The van der Waals surface area contributed by atoms with Gasteiger partial charge in [-0.2, -0.15) is 0 Å². The van der Waals surface area contributed by atoms with Crippen molar-refractivity contribution < 1.29 is 19.1 Å². The van der Waals surface area contributed by atoms with Crippen LogP contribution in [-0.4, -0.2) is 70.7 Å². The molecule has 0 atom stereocenters. The lowest BCUT2D eigenvalue weighted by Gasteiger charge is -2.29. The lowest BCUT2D eigenvalue weighted by molar-refractivity contribution is 0.0635. The Balaban J connectivity index is 1.10. The molecule has 5 N–H and O–H groups in total. The molecular weight excluding hydrogens is 620 g/mol. The molecule has 3 heterocycles. The third-order valence-electron chi connectivity index (χ3n) is 8.75. The van der Waals surface area contributed by atoms with Crippen LogP contribution < -0.4 is 26.6 Å². The average Bonchev–Trinajstić information content (AvgIpc) is 3.08. The zero-order valence-electron chi connectivity index (χ0n) is 28.9. The van der Waals surface area contributed by atoms with E-state index < -0.39 is 11.7 Å². The van der Waals surface area contributed by atoms with Crippen LogP contribution in [0.4, 0.5) is 26.9 Å². The molecule has 49 heavy (non-hydrogen) atoms. The predicted octanol–water partition coefficient (Wildman–Crippen LogP) is 6.31. The Morgan fingerprint density at radius 1 is 0.898 bits per heavy atom. The van der Waals surface area contributed by atoms with Crippen molar-refractivity contribution in [2.75, 3.05) is 36.8 Å². The van der Waals surface area contributed by atoms with Gasteiger partial charge < -0.3 is 30.9 Å². The monoisotopic (exact) mass is 670 g/mol. The van der Waals surface area contributed by atoms with E-state index in [1.165, 1.54) is 19.3 Å². The second-order valence-corrected chi connectivity index (χ2v) is 13.8. The van der Waals surface area contributed by atoms with Gasteiger partial charge in [-0.05, 0) is 108 Å². The predicted molar refractivity (Wildman–Crippen MR) is 191 cm³/mol. The molecular formula is C37H50N8O4. The smallest absolute Gasteiger partial charge is 0.413 e. The molecule has 2 fully saturated rings. The lowest BCUT2D eigenvalue weighted by Crippen LogP contribution is -2.43. The minimum absolute atomic E-state index is 0.0571. The molecule has 1 aliphatic carbocycles. The maximum Gasteiger partial charge on any atom is 0.413 e. The van der Waals surface area contributed by atoms with Crippen molar-refractivity contribution in [3.05, 3.63) is 77.6 Å². The number of rotatable bonds is 11. The molecule has 1 saturated carbocycles. The van der Waals surface area contributed by atoms with Crippen molar-refractivity contribution in [3.63, 3.8) is 0 Å². The number of benzene rings is 1. The summed E-state index contributed by atoms with van der Waals surface area (Å²) >= 11 is 0. The topological polar surface area (TPSA) is 150 Å². The number of piperidine rings is 1. The first-order chi connectivity index (χ1) is 23.6. The molecule has 1 aromatic carbocycles. The Labute approximate surface area is 289 Å². The molecule has 262 valence electrons. The number of nitrogens with zero attached hydrogens (tertiary/aromatic N) is 3. The highest BCUT2D eigenvalue weighted by Gasteiger charge is 2.26. The molecule has 0 radical (unpaired) electrons. The van der Waals surface area contributed by atoms with E-state index in [2.05, 4.69) is 36.5 Å². The fraction of sp³-hybridized carbons (Fsp3) is 0.486. The summed E-state index contributed by atoms with van der Waals surface area (Å²) in [5.41, 5.74) is 2.56. The maximum atomic E-state index is 13.3. The van der Waals surface area contributed by atoms with Crippen LogP contribution in [-0.2, 0) is 11.3 Å².